The van der Waals surface area contributed by atoms with Crippen molar-refractivity contribution in [3.8, 4) is 11.1 Å². The van der Waals surface area contributed by atoms with Crippen molar-refractivity contribution in [2.45, 2.75) is 0 Å². The number of hydrogen-bond acceptors (Lipinski definition) is 2. The van der Waals surface area contributed by atoms with E-state index in [9.17, 15) is 14.0 Å². The molecule has 0 fully saturated rings. The van der Waals surface area contributed by atoms with E-state index < -0.39 is 17.3 Å². The van der Waals surface area contributed by atoms with Gasteiger partial charge in [-0.2, -0.15) is 0 Å². The van der Waals surface area contributed by atoms with E-state index in [1.807, 2.05) is 0 Å². The summed E-state index contributed by atoms with van der Waals surface area (Å²) in [6, 6.07) is 4.96. The highest BCUT2D eigenvalue weighted by Gasteiger charge is 2.10. The highest BCUT2D eigenvalue weighted by molar-refractivity contribution is 6.31. The molecule has 6 heteroatoms. The molecule has 0 saturated heterocycles. The van der Waals surface area contributed by atoms with E-state index in [0.717, 1.165) is 12.3 Å². The van der Waals surface area contributed by atoms with E-state index in [2.05, 4.69) is 4.98 Å². The van der Waals surface area contributed by atoms with Crippen molar-refractivity contribution in [3.05, 3.63) is 57.2 Å². The molecule has 1 heterocycles. The van der Waals surface area contributed by atoms with Crippen LogP contribution in [0.5, 0.6) is 0 Å². The van der Waals surface area contributed by atoms with E-state index >= 15 is 0 Å². The predicted octanol–water partition coefficient (Wildman–Crippen LogP) is 2.53. The lowest BCUT2D eigenvalue weighted by molar-refractivity contribution is 0.0696. The third kappa shape index (κ3) is 2.26. The van der Waals surface area contributed by atoms with Crippen LogP contribution in [0, 0.1) is 5.82 Å². The zero-order chi connectivity index (χ0) is 13.3. The maximum atomic E-state index is 13.0. The Kier molecular flexibility index (Phi) is 3.16. The lowest BCUT2D eigenvalue weighted by atomic mass is 10.1. The second-order valence-corrected chi connectivity index (χ2v) is 3.97. The Morgan fingerprint density at radius 3 is 2.67 bits per heavy atom. The van der Waals surface area contributed by atoms with E-state index in [-0.39, 0.29) is 16.1 Å². The monoisotopic (exact) mass is 267 g/mol. The molecule has 0 aliphatic carbocycles. The van der Waals surface area contributed by atoms with Crippen LogP contribution in [0.15, 0.2) is 35.3 Å². The molecule has 0 bridgehead atoms. The topological polar surface area (TPSA) is 70.2 Å². The van der Waals surface area contributed by atoms with Gasteiger partial charge in [-0.1, -0.05) is 17.7 Å². The van der Waals surface area contributed by atoms with Crippen molar-refractivity contribution in [2.75, 3.05) is 0 Å². The van der Waals surface area contributed by atoms with Crippen molar-refractivity contribution >= 4 is 17.6 Å². The van der Waals surface area contributed by atoms with Crippen LogP contribution in [0.4, 0.5) is 4.39 Å². The number of halogens is 2. The molecule has 1 aromatic carbocycles. The van der Waals surface area contributed by atoms with Gasteiger partial charge in [-0.25, -0.2) is 9.18 Å². The van der Waals surface area contributed by atoms with Crippen molar-refractivity contribution in [3.63, 3.8) is 0 Å². The van der Waals surface area contributed by atoms with Gasteiger partial charge in [-0.05, 0) is 23.8 Å². The highest BCUT2D eigenvalue weighted by atomic mass is 35.5. The zero-order valence-corrected chi connectivity index (χ0v) is 9.66. The molecular weight excluding hydrogens is 261 g/mol. The van der Waals surface area contributed by atoms with Crippen LogP contribution in [-0.2, 0) is 0 Å². The summed E-state index contributed by atoms with van der Waals surface area (Å²) in [4.78, 5) is 24.7. The van der Waals surface area contributed by atoms with E-state index in [1.54, 1.807) is 0 Å². The fraction of sp³-hybridized carbons (Fsp3) is 0. The molecule has 0 unspecified atom stereocenters. The van der Waals surface area contributed by atoms with Crippen molar-refractivity contribution in [1.29, 1.82) is 0 Å². The second kappa shape index (κ2) is 4.62. The molecule has 0 aliphatic rings. The SMILES string of the molecule is O=C(O)c1c[nH]c(=O)c(-c2ccc(F)c(Cl)c2)c1. The number of carbonyl (C=O) groups is 1. The lowest BCUT2D eigenvalue weighted by Crippen LogP contribution is -2.11. The number of rotatable bonds is 2. The maximum absolute atomic E-state index is 13.0. The fourth-order valence-electron chi connectivity index (χ4n) is 1.49. The van der Waals surface area contributed by atoms with Gasteiger partial charge in [0.1, 0.15) is 5.82 Å². The lowest BCUT2D eigenvalue weighted by Gasteiger charge is -2.03. The van der Waals surface area contributed by atoms with Gasteiger partial charge in [0, 0.05) is 11.8 Å². The Morgan fingerprint density at radius 1 is 1.33 bits per heavy atom. The molecular formula is C12H7ClFNO3. The van der Waals surface area contributed by atoms with Gasteiger partial charge in [0.2, 0.25) is 0 Å². The number of pyridine rings is 1. The molecule has 2 aromatic rings. The molecule has 92 valence electrons. The van der Waals surface area contributed by atoms with Crippen molar-refractivity contribution in [2.24, 2.45) is 0 Å². The van der Waals surface area contributed by atoms with Crippen molar-refractivity contribution in [1.82, 2.24) is 4.98 Å². The van der Waals surface area contributed by atoms with Crippen LogP contribution in [-0.4, -0.2) is 16.1 Å². The average Bonchev–Trinajstić information content (AvgIpc) is 2.33. The van der Waals surface area contributed by atoms with Gasteiger partial charge in [0.05, 0.1) is 10.6 Å². The number of nitrogens with one attached hydrogen (secondary N) is 1. The number of carboxylic acid groups (broad SMARTS) is 1. The summed E-state index contributed by atoms with van der Waals surface area (Å²) in [5.74, 6) is -1.77. The number of H-pyrrole nitrogens is 1. The minimum absolute atomic E-state index is 0.0648. The molecule has 4 nitrogen and oxygen atoms in total. The molecule has 0 saturated carbocycles. The number of aromatic amines is 1. The Morgan fingerprint density at radius 2 is 2.06 bits per heavy atom. The van der Waals surface area contributed by atoms with E-state index in [0.29, 0.717) is 5.56 Å². The normalized spacial score (nSPS) is 10.3. The molecule has 0 aliphatic heterocycles. The van der Waals surface area contributed by atoms with Gasteiger partial charge < -0.3 is 10.1 Å². The number of benzene rings is 1. The third-order valence-electron chi connectivity index (χ3n) is 2.38. The number of hydrogen-bond donors (Lipinski definition) is 2. The van der Waals surface area contributed by atoms with E-state index in [4.69, 9.17) is 16.7 Å². The molecule has 18 heavy (non-hydrogen) atoms. The molecule has 0 atom stereocenters. The highest BCUT2D eigenvalue weighted by Crippen LogP contribution is 2.23. The Balaban J connectivity index is 2.62. The molecule has 0 amide bonds. The summed E-state index contributed by atoms with van der Waals surface area (Å²) in [7, 11) is 0. The average molecular weight is 268 g/mol. The summed E-state index contributed by atoms with van der Waals surface area (Å²) in [6.07, 6.45) is 1.10. The van der Waals surface area contributed by atoms with Crippen LogP contribution < -0.4 is 5.56 Å². The standard InChI is InChI=1S/C12H7ClFNO3/c13-9-4-6(1-2-10(9)14)8-3-7(12(17)18)5-15-11(8)16/h1-5H,(H,15,16)(H,17,18). The zero-order valence-electron chi connectivity index (χ0n) is 8.91. The van der Waals surface area contributed by atoms with Crippen LogP contribution in [0.3, 0.4) is 0 Å². The van der Waals surface area contributed by atoms with Crippen LogP contribution in [0.1, 0.15) is 10.4 Å². The quantitative estimate of drug-likeness (QED) is 0.878. The first-order valence-electron chi connectivity index (χ1n) is 4.90. The van der Waals surface area contributed by atoms with E-state index in [1.165, 1.54) is 18.2 Å². The Bertz CT molecular complexity index is 681. The minimum Gasteiger partial charge on any atom is -0.478 e. The summed E-state index contributed by atoms with van der Waals surface area (Å²) >= 11 is 5.61. The largest absolute Gasteiger partial charge is 0.478 e. The number of aromatic carboxylic acids is 1. The molecule has 2 N–H and O–H groups in total. The summed E-state index contributed by atoms with van der Waals surface area (Å²) in [5.41, 5.74) is -0.0599. The third-order valence-corrected chi connectivity index (χ3v) is 2.67. The summed E-state index contributed by atoms with van der Waals surface area (Å²) < 4.78 is 13.0. The smallest absolute Gasteiger partial charge is 0.337 e. The second-order valence-electron chi connectivity index (χ2n) is 3.57. The number of aromatic nitrogens is 1. The fourth-order valence-corrected chi connectivity index (χ4v) is 1.67. The Hall–Kier alpha value is -2.14. The maximum Gasteiger partial charge on any atom is 0.337 e. The Labute approximate surface area is 106 Å². The van der Waals surface area contributed by atoms with Crippen LogP contribution >= 0.6 is 11.6 Å². The summed E-state index contributed by atoms with van der Waals surface area (Å²) in [5, 5.41) is 8.71. The van der Waals surface area contributed by atoms with Gasteiger partial charge in [0.15, 0.2) is 0 Å². The van der Waals surface area contributed by atoms with Gasteiger partial charge >= 0.3 is 5.97 Å². The number of carboxylic acids is 1. The summed E-state index contributed by atoms with van der Waals surface area (Å²) in [6.45, 7) is 0. The van der Waals surface area contributed by atoms with Crippen LogP contribution in [0.2, 0.25) is 5.02 Å². The first-order chi connectivity index (χ1) is 8.49. The first-order valence-corrected chi connectivity index (χ1v) is 5.28. The molecule has 2 rings (SSSR count). The predicted molar refractivity (Wildman–Crippen MR) is 64.4 cm³/mol. The first kappa shape index (κ1) is 12.3. The molecule has 0 spiro atoms. The van der Waals surface area contributed by atoms with Gasteiger partial charge in [0.25, 0.3) is 5.56 Å². The van der Waals surface area contributed by atoms with Crippen LogP contribution in [0.25, 0.3) is 11.1 Å². The molecule has 0 radical (unpaired) electrons. The van der Waals surface area contributed by atoms with Gasteiger partial charge in [-0.3, -0.25) is 4.79 Å². The minimum atomic E-state index is -1.17. The van der Waals surface area contributed by atoms with Crippen molar-refractivity contribution < 1.29 is 14.3 Å². The molecule has 1 aromatic heterocycles. The van der Waals surface area contributed by atoms with Gasteiger partial charge in [-0.15, -0.1) is 0 Å².